The molecule has 0 bridgehead atoms. The molecule has 230 valence electrons. The van der Waals surface area contributed by atoms with Crippen LogP contribution in [0.4, 0.5) is 0 Å². The van der Waals surface area contributed by atoms with Gasteiger partial charge in [0.25, 0.3) is 0 Å². The molecule has 2 atom stereocenters. The van der Waals surface area contributed by atoms with Crippen molar-refractivity contribution in [2.75, 3.05) is 0 Å². The van der Waals surface area contributed by atoms with Crippen LogP contribution in [-0.2, 0) is 28.8 Å². The number of rotatable bonds is 27. The molecule has 0 spiro atoms. The summed E-state index contributed by atoms with van der Waals surface area (Å²) in [7, 11) is 0. The molecule has 0 radical (unpaired) electrons. The molecule has 2 amide bonds. The Bertz CT molecular complexity index is 787. The van der Waals surface area contributed by atoms with Gasteiger partial charge in [-0.15, -0.1) is 0 Å². The second kappa shape index (κ2) is 23.7. The van der Waals surface area contributed by atoms with Crippen molar-refractivity contribution in [2.45, 2.75) is 141 Å². The Morgan fingerprint density at radius 1 is 0.400 bits per heavy atom. The van der Waals surface area contributed by atoms with E-state index in [1.54, 1.807) is 0 Å². The summed E-state index contributed by atoms with van der Waals surface area (Å²) < 4.78 is 0. The number of carboxylic acids is 4. The van der Waals surface area contributed by atoms with Crippen LogP contribution in [0.1, 0.15) is 128 Å². The van der Waals surface area contributed by atoms with Crippen molar-refractivity contribution in [3.05, 3.63) is 0 Å². The van der Waals surface area contributed by atoms with Gasteiger partial charge in [0.05, 0.1) is 0 Å². The molecule has 12 heteroatoms. The van der Waals surface area contributed by atoms with Crippen LogP contribution in [0.25, 0.3) is 0 Å². The summed E-state index contributed by atoms with van der Waals surface area (Å²) in [6, 6.07) is -2.67. The van der Waals surface area contributed by atoms with E-state index in [1.807, 2.05) is 0 Å². The topological polar surface area (TPSA) is 207 Å². The van der Waals surface area contributed by atoms with E-state index < -0.39 is 54.2 Å². The Hall–Kier alpha value is -3.18. The molecule has 0 aromatic carbocycles. The van der Waals surface area contributed by atoms with Crippen LogP contribution in [0, 0.1) is 0 Å². The molecule has 40 heavy (non-hydrogen) atoms. The summed E-state index contributed by atoms with van der Waals surface area (Å²) in [5, 5.41) is 40.3. The van der Waals surface area contributed by atoms with Gasteiger partial charge in [-0.25, -0.2) is 9.59 Å². The number of amides is 2. The first kappa shape index (κ1) is 36.8. The van der Waals surface area contributed by atoms with Crippen molar-refractivity contribution in [2.24, 2.45) is 0 Å². The molecule has 2 unspecified atom stereocenters. The van der Waals surface area contributed by atoms with E-state index in [0.717, 1.165) is 44.9 Å². The number of nitrogens with one attached hydrogen (secondary N) is 2. The lowest BCUT2D eigenvalue weighted by molar-refractivity contribution is -0.144. The maximum absolute atomic E-state index is 12.1. The van der Waals surface area contributed by atoms with Crippen LogP contribution in [0.2, 0.25) is 0 Å². The maximum atomic E-state index is 12.1. The van der Waals surface area contributed by atoms with E-state index >= 15 is 0 Å². The number of unbranched alkanes of at least 4 members (excludes halogenated alkanes) is 13. The van der Waals surface area contributed by atoms with E-state index in [-0.39, 0.29) is 32.1 Å². The van der Waals surface area contributed by atoms with E-state index in [2.05, 4.69) is 10.6 Å². The van der Waals surface area contributed by atoms with E-state index in [0.29, 0.717) is 6.42 Å². The second-order valence-corrected chi connectivity index (χ2v) is 10.2. The zero-order chi connectivity index (χ0) is 30.2. The summed E-state index contributed by atoms with van der Waals surface area (Å²) >= 11 is 0. The number of carbonyl (C=O) groups is 6. The van der Waals surface area contributed by atoms with E-state index in [9.17, 15) is 33.9 Å². The third-order valence-corrected chi connectivity index (χ3v) is 6.62. The van der Waals surface area contributed by atoms with Crippen molar-refractivity contribution < 1.29 is 49.2 Å². The molecular formula is C28H48N2O10. The van der Waals surface area contributed by atoms with Crippen LogP contribution >= 0.6 is 0 Å². The van der Waals surface area contributed by atoms with Crippen LogP contribution in [-0.4, -0.2) is 68.2 Å². The van der Waals surface area contributed by atoms with Gasteiger partial charge in [0, 0.05) is 25.7 Å². The molecule has 0 rings (SSSR count). The normalized spacial score (nSPS) is 12.3. The highest BCUT2D eigenvalue weighted by Crippen LogP contribution is 2.14. The van der Waals surface area contributed by atoms with Crippen molar-refractivity contribution in [1.82, 2.24) is 10.6 Å². The SMILES string of the molecule is O=C(O)CCCCCCCCCCCCCCCCC(=O)NC(CCC(=O)NC(CCC(=O)O)C(=O)O)C(=O)O. The Balaban J connectivity index is 3.87. The molecule has 0 aliphatic rings. The minimum atomic E-state index is -1.39. The molecule has 0 aliphatic carbocycles. The number of hydrogen-bond acceptors (Lipinski definition) is 6. The Kier molecular flexibility index (Phi) is 21.8. The highest BCUT2D eigenvalue weighted by molar-refractivity contribution is 5.86. The lowest BCUT2D eigenvalue weighted by Crippen LogP contribution is -2.44. The van der Waals surface area contributed by atoms with Crippen molar-refractivity contribution in [3.8, 4) is 0 Å². The van der Waals surface area contributed by atoms with Crippen LogP contribution in [0.15, 0.2) is 0 Å². The van der Waals surface area contributed by atoms with Gasteiger partial charge in [0.2, 0.25) is 11.8 Å². The van der Waals surface area contributed by atoms with Gasteiger partial charge in [0.1, 0.15) is 12.1 Å². The smallest absolute Gasteiger partial charge is 0.326 e. The number of carboxylic acid groups (broad SMARTS) is 4. The van der Waals surface area contributed by atoms with Gasteiger partial charge < -0.3 is 31.1 Å². The molecular weight excluding hydrogens is 524 g/mol. The first-order valence-corrected chi connectivity index (χ1v) is 14.5. The van der Waals surface area contributed by atoms with Crippen molar-refractivity contribution in [1.29, 1.82) is 0 Å². The fourth-order valence-electron chi connectivity index (χ4n) is 4.27. The lowest BCUT2D eigenvalue weighted by atomic mass is 10.0. The number of carbonyl (C=O) groups excluding carboxylic acids is 2. The Morgan fingerprint density at radius 2 is 0.700 bits per heavy atom. The maximum Gasteiger partial charge on any atom is 0.326 e. The largest absolute Gasteiger partial charge is 0.481 e. The molecule has 0 aromatic heterocycles. The van der Waals surface area contributed by atoms with Gasteiger partial charge >= 0.3 is 23.9 Å². The van der Waals surface area contributed by atoms with Gasteiger partial charge in [0.15, 0.2) is 0 Å². The summed E-state index contributed by atoms with van der Waals surface area (Å²) in [5.74, 6) is -5.75. The lowest BCUT2D eigenvalue weighted by Gasteiger charge is -2.16. The zero-order valence-corrected chi connectivity index (χ0v) is 23.5. The summed E-state index contributed by atoms with van der Waals surface area (Å²) in [6.45, 7) is 0. The standard InChI is InChI=1S/C28H48N2O10/c31-23(15-13-11-9-7-5-3-1-2-4-6-8-10-12-14-16-25(33)34)29-21(27(37)38)17-19-24(32)30-22(28(39)40)18-20-26(35)36/h21-22H,1-20H2,(H,29,31)(H,30,32)(H,33,34)(H,35,36)(H,37,38)(H,39,40). The molecule has 0 heterocycles. The van der Waals surface area contributed by atoms with Crippen molar-refractivity contribution in [3.63, 3.8) is 0 Å². The number of hydrogen-bond donors (Lipinski definition) is 6. The molecule has 0 saturated heterocycles. The zero-order valence-electron chi connectivity index (χ0n) is 23.5. The molecule has 6 N–H and O–H groups in total. The van der Waals surface area contributed by atoms with E-state index in [1.165, 1.54) is 38.5 Å². The van der Waals surface area contributed by atoms with Crippen LogP contribution in [0.3, 0.4) is 0 Å². The van der Waals surface area contributed by atoms with Gasteiger partial charge in [-0.2, -0.15) is 0 Å². The third kappa shape index (κ3) is 22.8. The Labute approximate surface area is 236 Å². The molecule has 12 nitrogen and oxygen atoms in total. The van der Waals surface area contributed by atoms with E-state index in [4.69, 9.17) is 15.3 Å². The predicted octanol–water partition coefficient (Wildman–Crippen LogP) is 4.10. The molecule has 0 fully saturated rings. The summed E-state index contributed by atoms with van der Waals surface area (Å²) in [4.78, 5) is 67.9. The van der Waals surface area contributed by atoms with Gasteiger partial charge in [-0.05, 0) is 25.7 Å². The van der Waals surface area contributed by atoms with Gasteiger partial charge in [-0.1, -0.05) is 77.0 Å². The minimum Gasteiger partial charge on any atom is -0.481 e. The van der Waals surface area contributed by atoms with Crippen LogP contribution in [0.5, 0.6) is 0 Å². The third-order valence-electron chi connectivity index (χ3n) is 6.62. The highest BCUT2D eigenvalue weighted by Gasteiger charge is 2.24. The fourth-order valence-corrected chi connectivity index (χ4v) is 4.27. The summed E-state index contributed by atoms with van der Waals surface area (Å²) in [5.41, 5.74) is 0. The monoisotopic (exact) mass is 572 g/mol. The average Bonchev–Trinajstić information content (AvgIpc) is 2.87. The molecule has 0 saturated carbocycles. The first-order chi connectivity index (χ1) is 19.0. The average molecular weight is 573 g/mol. The molecule has 0 aliphatic heterocycles. The predicted molar refractivity (Wildman–Crippen MR) is 147 cm³/mol. The van der Waals surface area contributed by atoms with Crippen molar-refractivity contribution >= 4 is 35.7 Å². The van der Waals surface area contributed by atoms with Gasteiger partial charge in [-0.3, -0.25) is 19.2 Å². The highest BCUT2D eigenvalue weighted by atomic mass is 16.4. The fraction of sp³-hybridized carbons (Fsp3) is 0.786. The first-order valence-electron chi connectivity index (χ1n) is 14.5. The quantitative estimate of drug-likeness (QED) is 0.0776. The molecule has 0 aromatic rings. The Morgan fingerprint density at radius 3 is 1.05 bits per heavy atom. The second-order valence-electron chi connectivity index (χ2n) is 10.2. The number of aliphatic carboxylic acids is 4. The van der Waals surface area contributed by atoms with Crippen LogP contribution < -0.4 is 10.6 Å². The summed E-state index contributed by atoms with van der Waals surface area (Å²) in [6.07, 6.45) is 13.9. The minimum absolute atomic E-state index is 0.183.